The standard InChI is InChI=1S/C13H22N4O/c1-2-6-17(9-11-4-3-5-14-7-11)13(18)12-8-15-10-16-12/h8,10-11,14H,2-7,9H2,1H3,(H,15,16). The average molecular weight is 250 g/mol. The summed E-state index contributed by atoms with van der Waals surface area (Å²) in [5.74, 6) is 0.650. The number of piperidine rings is 1. The van der Waals surface area contributed by atoms with Gasteiger partial charge in [-0.05, 0) is 38.3 Å². The Labute approximate surface area is 108 Å². The van der Waals surface area contributed by atoms with E-state index in [1.165, 1.54) is 12.8 Å². The van der Waals surface area contributed by atoms with E-state index in [1.54, 1.807) is 12.5 Å². The molecular weight excluding hydrogens is 228 g/mol. The molecule has 0 aromatic carbocycles. The highest BCUT2D eigenvalue weighted by Crippen LogP contribution is 2.13. The number of rotatable bonds is 5. The number of carbonyl (C=O) groups is 1. The number of aromatic amines is 1. The third kappa shape index (κ3) is 3.32. The lowest BCUT2D eigenvalue weighted by Crippen LogP contribution is -2.41. The Bertz CT molecular complexity index is 357. The van der Waals surface area contributed by atoms with Gasteiger partial charge < -0.3 is 15.2 Å². The van der Waals surface area contributed by atoms with Gasteiger partial charge in [-0.1, -0.05) is 6.92 Å². The van der Waals surface area contributed by atoms with Crippen molar-refractivity contribution < 1.29 is 4.79 Å². The number of amides is 1. The molecule has 1 saturated heterocycles. The summed E-state index contributed by atoms with van der Waals surface area (Å²) in [6, 6.07) is 0. The molecule has 1 aliphatic heterocycles. The molecule has 1 aliphatic rings. The third-order valence-corrected chi connectivity index (χ3v) is 3.39. The highest BCUT2D eigenvalue weighted by atomic mass is 16.2. The minimum absolute atomic E-state index is 0.0694. The second-order valence-corrected chi connectivity index (χ2v) is 4.93. The van der Waals surface area contributed by atoms with Crippen molar-refractivity contribution in [3.05, 3.63) is 18.2 Å². The molecule has 2 N–H and O–H groups in total. The maximum absolute atomic E-state index is 12.3. The molecule has 5 nitrogen and oxygen atoms in total. The monoisotopic (exact) mass is 250 g/mol. The Hall–Kier alpha value is -1.36. The van der Waals surface area contributed by atoms with Crippen molar-refractivity contribution in [3.8, 4) is 0 Å². The first-order valence-corrected chi connectivity index (χ1v) is 6.79. The van der Waals surface area contributed by atoms with E-state index in [4.69, 9.17) is 0 Å². The van der Waals surface area contributed by atoms with Gasteiger partial charge in [0.05, 0.1) is 12.5 Å². The number of nitrogens with one attached hydrogen (secondary N) is 2. The predicted octanol–water partition coefficient (Wildman–Crippen LogP) is 1.26. The predicted molar refractivity (Wildman–Crippen MR) is 70.4 cm³/mol. The molecule has 5 heteroatoms. The minimum atomic E-state index is 0.0694. The maximum atomic E-state index is 12.3. The van der Waals surface area contributed by atoms with Gasteiger partial charge in [0.15, 0.2) is 0 Å². The van der Waals surface area contributed by atoms with E-state index in [9.17, 15) is 4.79 Å². The fourth-order valence-electron chi connectivity index (χ4n) is 2.48. The zero-order valence-corrected chi connectivity index (χ0v) is 11.0. The number of imidazole rings is 1. The van der Waals surface area contributed by atoms with Gasteiger partial charge >= 0.3 is 0 Å². The first-order chi connectivity index (χ1) is 8.81. The summed E-state index contributed by atoms with van der Waals surface area (Å²) in [5.41, 5.74) is 0.590. The minimum Gasteiger partial charge on any atom is -0.341 e. The van der Waals surface area contributed by atoms with Crippen LogP contribution in [0.2, 0.25) is 0 Å². The zero-order valence-electron chi connectivity index (χ0n) is 11.0. The number of H-pyrrole nitrogens is 1. The Balaban J connectivity index is 1.96. The quantitative estimate of drug-likeness (QED) is 0.827. The molecule has 100 valence electrons. The lowest BCUT2D eigenvalue weighted by molar-refractivity contribution is 0.0713. The van der Waals surface area contributed by atoms with E-state index in [2.05, 4.69) is 22.2 Å². The Morgan fingerprint density at radius 1 is 1.61 bits per heavy atom. The lowest BCUT2D eigenvalue weighted by atomic mass is 9.99. The van der Waals surface area contributed by atoms with Gasteiger partial charge in [-0.15, -0.1) is 0 Å². The summed E-state index contributed by atoms with van der Waals surface area (Å²) in [4.78, 5) is 21.1. The molecular formula is C13H22N4O. The summed E-state index contributed by atoms with van der Waals surface area (Å²) in [6.45, 7) is 5.90. The van der Waals surface area contributed by atoms with E-state index < -0.39 is 0 Å². The number of nitrogens with zero attached hydrogens (tertiary/aromatic N) is 2. The third-order valence-electron chi connectivity index (χ3n) is 3.39. The Kier molecular flexibility index (Phi) is 4.75. The Morgan fingerprint density at radius 3 is 3.11 bits per heavy atom. The van der Waals surface area contributed by atoms with E-state index in [0.717, 1.165) is 32.6 Å². The highest BCUT2D eigenvalue weighted by Gasteiger charge is 2.21. The first kappa shape index (κ1) is 13.1. The second kappa shape index (κ2) is 6.54. The molecule has 0 saturated carbocycles. The molecule has 1 unspecified atom stereocenters. The number of hydrogen-bond donors (Lipinski definition) is 2. The smallest absolute Gasteiger partial charge is 0.271 e. The molecule has 2 rings (SSSR count). The van der Waals surface area contributed by atoms with Gasteiger partial charge in [-0.3, -0.25) is 4.79 Å². The number of aromatic nitrogens is 2. The van der Waals surface area contributed by atoms with Gasteiger partial charge in [0, 0.05) is 13.1 Å². The zero-order chi connectivity index (χ0) is 12.8. The summed E-state index contributed by atoms with van der Waals surface area (Å²) < 4.78 is 0. The van der Waals surface area contributed by atoms with Gasteiger partial charge in [-0.25, -0.2) is 4.98 Å². The number of carbonyl (C=O) groups excluding carboxylic acids is 1. The van der Waals surface area contributed by atoms with E-state index in [1.807, 2.05) is 4.90 Å². The fourth-order valence-corrected chi connectivity index (χ4v) is 2.48. The van der Waals surface area contributed by atoms with Crippen LogP contribution in [0.5, 0.6) is 0 Å². The molecule has 2 heterocycles. The molecule has 1 amide bonds. The van der Waals surface area contributed by atoms with Crippen LogP contribution in [-0.2, 0) is 0 Å². The summed E-state index contributed by atoms with van der Waals surface area (Å²) in [7, 11) is 0. The van der Waals surface area contributed by atoms with Crippen molar-refractivity contribution >= 4 is 5.91 Å². The Morgan fingerprint density at radius 2 is 2.50 bits per heavy atom. The van der Waals surface area contributed by atoms with E-state index in [-0.39, 0.29) is 5.91 Å². The van der Waals surface area contributed by atoms with Crippen LogP contribution in [0.25, 0.3) is 0 Å². The van der Waals surface area contributed by atoms with E-state index >= 15 is 0 Å². The van der Waals surface area contributed by atoms with Crippen LogP contribution in [0.1, 0.15) is 36.7 Å². The SMILES string of the molecule is CCCN(CC1CCCNC1)C(=O)c1cnc[nH]1. The first-order valence-electron chi connectivity index (χ1n) is 6.79. The molecule has 18 heavy (non-hydrogen) atoms. The van der Waals surface area contributed by atoms with Crippen LogP contribution in [0.3, 0.4) is 0 Å². The summed E-state index contributed by atoms with van der Waals surface area (Å²) in [5, 5.41) is 3.40. The maximum Gasteiger partial charge on any atom is 0.271 e. The highest BCUT2D eigenvalue weighted by molar-refractivity contribution is 5.92. The fraction of sp³-hybridized carbons (Fsp3) is 0.692. The molecule has 0 aliphatic carbocycles. The van der Waals surface area contributed by atoms with Crippen LogP contribution in [-0.4, -0.2) is 47.0 Å². The van der Waals surface area contributed by atoms with Crippen molar-refractivity contribution in [1.29, 1.82) is 0 Å². The summed E-state index contributed by atoms with van der Waals surface area (Å²) in [6.07, 6.45) is 6.57. The van der Waals surface area contributed by atoms with Crippen molar-refractivity contribution in [2.45, 2.75) is 26.2 Å². The lowest BCUT2D eigenvalue weighted by Gasteiger charge is -2.29. The molecule has 0 spiro atoms. The molecule has 1 fully saturated rings. The van der Waals surface area contributed by atoms with E-state index in [0.29, 0.717) is 11.6 Å². The van der Waals surface area contributed by atoms with Crippen LogP contribution in [0.15, 0.2) is 12.5 Å². The van der Waals surface area contributed by atoms with Crippen molar-refractivity contribution in [1.82, 2.24) is 20.2 Å². The molecule has 0 bridgehead atoms. The molecule has 1 aromatic rings. The van der Waals surface area contributed by atoms with Crippen LogP contribution in [0, 0.1) is 5.92 Å². The molecule has 0 radical (unpaired) electrons. The summed E-state index contributed by atoms with van der Waals surface area (Å²) >= 11 is 0. The number of hydrogen-bond acceptors (Lipinski definition) is 3. The van der Waals surface area contributed by atoms with Gasteiger partial charge in [-0.2, -0.15) is 0 Å². The van der Waals surface area contributed by atoms with Crippen LogP contribution in [0.4, 0.5) is 0 Å². The van der Waals surface area contributed by atoms with Crippen LogP contribution >= 0.6 is 0 Å². The van der Waals surface area contributed by atoms with Crippen molar-refractivity contribution in [2.24, 2.45) is 5.92 Å². The van der Waals surface area contributed by atoms with Gasteiger partial charge in [0.25, 0.3) is 5.91 Å². The van der Waals surface area contributed by atoms with Crippen LogP contribution < -0.4 is 5.32 Å². The molecule has 1 atom stereocenters. The second-order valence-electron chi connectivity index (χ2n) is 4.93. The van der Waals surface area contributed by atoms with Crippen molar-refractivity contribution in [3.63, 3.8) is 0 Å². The van der Waals surface area contributed by atoms with Crippen molar-refractivity contribution in [2.75, 3.05) is 26.2 Å². The van der Waals surface area contributed by atoms with Gasteiger partial charge in [0.1, 0.15) is 5.69 Å². The average Bonchev–Trinajstić information content (AvgIpc) is 2.92. The van der Waals surface area contributed by atoms with Gasteiger partial charge in [0.2, 0.25) is 0 Å². The molecule has 1 aromatic heterocycles. The topological polar surface area (TPSA) is 61.0 Å². The largest absolute Gasteiger partial charge is 0.341 e. The normalized spacial score (nSPS) is 19.7.